The van der Waals surface area contributed by atoms with Crippen LogP contribution in [0.1, 0.15) is 152 Å². The number of ether oxygens (including phenoxy) is 7. The number of hydrogen-bond acceptors (Lipinski definition) is 20. The number of aromatic amines is 1. The molecule has 0 radical (unpaired) electrons. The first-order valence-corrected chi connectivity index (χ1v) is 36.8. The van der Waals surface area contributed by atoms with Gasteiger partial charge in [-0.2, -0.15) is 0 Å². The fraction of sp³-hybridized carbons (Fsp3) is 0.577. The van der Waals surface area contributed by atoms with Gasteiger partial charge in [-0.3, -0.25) is 34.1 Å². The van der Waals surface area contributed by atoms with Gasteiger partial charge in [-0.15, -0.1) is 0 Å². The van der Waals surface area contributed by atoms with E-state index >= 15 is 0 Å². The maximum atomic E-state index is 14.4. The second kappa shape index (κ2) is 34.1. The number of ketones is 3. The SMILES string of the molecule is CO[C@H]1C[C@@H]2CC[C@@H](C)[C@@](O)(O2)C(=O)C(=O)N2CCCC[C@H]2C(=O)O[C@H]([C@H](C)C[C@@H]2CC[C@@H](O)[C@H](OC)C2)CC(=O)[C@H](C)/C=C(\C)[C@@H](O)[C@@H](OC)C(=O)[C@H](C)C[C@H](C)/C=C/C=C/C=C/1C.CO[C@H]1[C@H](O)[C@@H](O)[C@H](n2c3c(Cl)cccc3c3c4c(c5c6cccc(Cl)c6[nH]c5c32)C(=O)NC4=O)O[C@@H]1CO. The van der Waals surface area contributed by atoms with E-state index in [0.717, 1.165) is 12.0 Å². The minimum atomic E-state index is -2.43. The van der Waals surface area contributed by atoms with Gasteiger partial charge in [0.25, 0.3) is 23.5 Å². The Hall–Kier alpha value is -6.59. The lowest BCUT2D eigenvalue weighted by molar-refractivity contribution is -0.265. The molecular formula is C78H100Cl2N4O20. The van der Waals surface area contributed by atoms with Gasteiger partial charge in [0.1, 0.15) is 54.6 Å². The zero-order chi connectivity index (χ0) is 75.5. The molecule has 0 unspecified atom stereocenters. The smallest absolute Gasteiger partial charge is 0.329 e. The molecule has 24 nitrogen and oxygen atoms in total. The first kappa shape index (κ1) is 80.0. The first-order chi connectivity index (χ1) is 49.5. The number of cyclic esters (lactones) is 1. The fourth-order valence-electron chi connectivity index (χ4n) is 16.3. The van der Waals surface area contributed by atoms with Crippen LogP contribution in [0, 0.1) is 35.5 Å². The number of Topliss-reactive ketones (excluding diaryl/α,β-unsaturated/α-hetero) is 3. The summed E-state index contributed by atoms with van der Waals surface area (Å²) >= 11 is 13.3. The van der Waals surface area contributed by atoms with E-state index < -0.39 is 133 Å². The molecule has 20 atom stereocenters. The molecule has 6 aliphatic rings. The Morgan fingerprint density at radius 1 is 0.740 bits per heavy atom. The summed E-state index contributed by atoms with van der Waals surface area (Å²) in [5.41, 5.74) is 3.46. The van der Waals surface area contributed by atoms with E-state index in [1.807, 2.05) is 58.1 Å². The van der Waals surface area contributed by atoms with E-state index in [1.54, 1.807) is 82.0 Å². The molecule has 3 aromatic carbocycles. The fourth-order valence-corrected chi connectivity index (χ4v) is 16.8. The molecule has 0 spiro atoms. The van der Waals surface area contributed by atoms with Crippen LogP contribution in [0.25, 0.3) is 43.6 Å². The second-order valence-corrected chi connectivity index (χ2v) is 30.1. The number of allylic oxidation sites excluding steroid dienone is 6. The summed E-state index contributed by atoms with van der Waals surface area (Å²) in [5.74, 6) is -9.08. The molecule has 7 heterocycles. The molecule has 104 heavy (non-hydrogen) atoms. The summed E-state index contributed by atoms with van der Waals surface area (Å²) in [5, 5.41) is 71.3. The lowest BCUT2D eigenvalue weighted by Crippen LogP contribution is -2.61. The van der Waals surface area contributed by atoms with E-state index in [0.29, 0.717) is 112 Å². The number of para-hydroxylation sites is 2. The maximum Gasteiger partial charge on any atom is 0.329 e. The Morgan fingerprint density at radius 2 is 1.44 bits per heavy atom. The predicted molar refractivity (Wildman–Crippen MR) is 390 cm³/mol. The number of hydrogen-bond donors (Lipinski definition) is 8. The molecule has 11 rings (SSSR count). The number of nitrogens with zero attached hydrogens (tertiary/aromatic N) is 2. The number of benzene rings is 3. The predicted octanol–water partition coefficient (Wildman–Crippen LogP) is 9.43. The minimum Gasteiger partial charge on any atom is -0.460 e. The van der Waals surface area contributed by atoms with E-state index in [1.165, 1.54) is 19.1 Å². The summed E-state index contributed by atoms with van der Waals surface area (Å²) < 4.78 is 42.4. The number of esters is 1. The standard InChI is InChI=1S/C51H79NO13.C27H21Cl2N3O7/c1-30-16-12-11-13-17-31(2)42(61-8)28-38-21-19-36(7)51(60,65-38)48(57)49(58)52-23-15-14-18-39(52)50(59)64-43(33(4)26-37-20-22-40(53)44(27-37)62-9)29-41(54)32(3)25-35(6)46(56)47(63-10)45(55)34(5)24-30;1-38-24-13(8-33)39-27(23(35)22(24)34)32-20-10(5-3-7-12(20)29)15-17-16(25(36)31-26(17)37)14-9-4-2-6-11(28)18(9)30-19(14)21(15)32/h11-13,16-17,25,30,32-34,36-40,42-44,46-47,53,56,60H,14-15,18-24,26-29H2,1-10H3;2-7,13,22-24,27,30,33-35H,8H2,1H3,(H,31,36,37)/b13-11+,16-12+,31-17+,35-25+;/t30-,32-,33-,34-,36-,37+,38+,39+,40-,42+,43+,44-,46-,47+,51-;13-,22-,23-,24-,27-/m11/s1. The minimum absolute atomic E-state index is 0.0193. The zero-order valence-corrected chi connectivity index (χ0v) is 62.4. The molecule has 4 fully saturated rings. The van der Waals surface area contributed by atoms with Crippen LogP contribution in [0.15, 0.2) is 84.0 Å². The van der Waals surface area contributed by atoms with Gasteiger partial charge in [0.05, 0.1) is 74.3 Å². The average Bonchev–Trinajstić information content (AvgIpc) is 1.52. The molecule has 566 valence electrons. The van der Waals surface area contributed by atoms with Gasteiger partial charge < -0.3 is 78.2 Å². The molecule has 5 aromatic rings. The number of carbonyl (C=O) groups is 7. The van der Waals surface area contributed by atoms with Crippen molar-refractivity contribution in [2.45, 2.75) is 211 Å². The topological polar surface area (TPSA) is 341 Å². The van der Waals surface area contributed by atoms with Gasteiger partial charge in [-0.25, -0.2) is 4.79 Å². The number of rotatable bonds is 9. The normalized spacial score (nSPS) is 34.8. The molecule has 3 amide bonds. The van der Waals surface area contributed by atoms with E-state index in [9.17, 15) is 64.2 Å². The molecule has 1 saturated carbocycles. The number of halogens is 2. The summed E-state index contributed by atoms with van der Waals surface area (Å²) in [4.78, 5) is 102. The van der Waals surface area contributed by atoms with Crippen molar-refractivity contribution in [1.82, 2.24) is 19.8 Å². The molecule has 3 saturated heterocycles. The van der Waals surface area contributed by atoms with Gasteiger partial charge in [0, 0.05) is 87.1 Å². The van der Waals surface area contributed by atoms with Gasteiger partial charge >= 0.3 is 5.97 Å². The number of imide groups is 1. The zero-order valence-electron chi connectivity index (χ0n) is 60.8. The third-order valence-electron chi connectivity index (χ3n) is 22.3. The number of H-pyrrole nitrogens is 1. The van der Waals surface area contributed by atoms with Gasteiger partial charge in [-0.1, -0.05) is 119 Å². The Balaban J connectivity index is 0.000000250. The van der Waals surface area contributed by atoms with Crippen molar-refractivity contribution in [3.8, 4) is 0 Å². The highest BCUT2D eigenvalue weighted by Gasteiger charge is 2.54. The number of methoxy groups -OCH3 is 4. The first-order valence-electron chi connectivity index (χ1n) is 36.1. The Kier molecular flexibility index (Phi) is 26.2. The third kappa shape index (κ3) is 16.2. The van der Waals surface area contributed by atoms with E-state index in [4.69, 9.17) is 56.4 Å². The largest absolute Gasteiger partial charge is 0.460 e. The highest BCUT2D eigenvalue weighted by atomic mass is 35.5. The van der Waals surface area contributed by atoms with E-state index in [-0.39, 0.29) is 71.0 Å². The molecule has 2 aromatic heterocycles. The maximum absolute atomic E-state index is 14.4. The van der Waals surface area contributed by atoms with Crippen molar-refractivity contribution < 1.29 is 97.4 Å². The Morgan fingerprint density at radius 3 is 2.12 bits per heavy atom. The lowest BCUT2D eigenvalue weighted by atomic mass is 9.78. The molecular weight excluding hydrogens is 1380 g/mol. The van der Waals surface area contributed by atoms with Crippen LogP contribution in [0.3, 0.4) is 0 Å². The number of piperidine rings is 1. The summed E-state index contributed by atoms with van der Waals surface area (Å²) in [6.07, 6.45) is 5.01. The Labute approximate surface area is 615 Å². The Bertz CT molecular complexity index is 4160. The van der Waals surface area contributed by atoms with Crippen molar-refractivity contribution in [1.29, 1.82) is 0 Å². The lowest BCUT2D eigenvalue weighted by Gasteiger charge is -2.42. The van der Waals surface area contributed by atoms with Crippen molar-refractivity contribution >= 4 is 108 Å². The number of aliphatic hydroxyl groups is 6. The van der Waals surface area contributed by atoms with Crippen molar-refractivity contribution in [2.75, 3.05) is 41.6 Å². The number of nitrogens with one attached hydrogen (secondary N) is 2. The van der Waals surface area contributed by atoms with E-state index in [2.05, 4.69) is 10.3 Å². The van der Waals surface area contributed by atoms with Crippen molar-refractivity contribution in [3.63, 3.8) is 0 Å². The molecule has 8 N–H and O–H groups in total. The average molecular weight is 1480 g/mol. The quantitative estimate of drug-likeness (QED) is 0.0295. The highest BCUT2D eigenvalue weighted by Crippen LogP contribution is 2.49. The summed E-state index contributed by atoms with van der Waals surface area (Å²) in [6.45, 7) is 12.2. The van der Waals surface area contributed by atoms with Crippen LogP contribution in [-0.2, 0) is 57.1 Å². The van der Waals surface area contributed by atoms with Gasteiger partial charge in [-0.05, 0) is 119 Å². The van der Waals surface area contributed by atoms with Crippen LogP contribution in [0.2, 0.25) is 10.0 Å². The van der Waals surface area contributed by atoms with Crippen LogP contribution >= 0.6 is 23.2 Å². The van der Waals surface area contributed by atoms with Crippen molar-refractivity contribution in [3.05, 3.63) is 105 Å². The molecule has 2 bridgehead atoms. The van der Waals surface area contributed by atoms with Crippen molar-refractivity contribution in [2.24, 2.45) is 35.5 Å². The third-order valence-corrected chi connectivity index (χ3v) is 22.9. The monoisotopic (exact) mass is 1480 g/mol. The highest BCUT2D eigenvalue weighted by molar-refractivity contribution is 6.43. The molecule has 1 aliphatic carbocycles. The number of aliphatic hydroxyl groups excluding tert-OH is 5. The van der Waals surface area contributed by atoms with Crippen LogP contribution < -0.4 is 5.32 Å². The summed E-state index contributed by atoms with van der Waals surface area (Å²) in [7, 11) is 5.87. The molecule has 26 heteroatoms. The van der Waals surface area contributed by atoms with Crippen LogP contribution in [0.5, 0.6) is 0 Å². The second-order valence-electron chi connectivity index (χ2n) is 29.3. The van der Waals surface area contributed by atoms with Crippen LogP contribution in [-0.4, -0.2) is 207 Å². The molecule has 5 aliphatic heterocycles. The number of amides is 3. The summed E-state index contributed by atoms with van der Waals surface area (Å²) in [6, 6.07) is 9.22. The number of aromatic nitrogens is 2. The van der Waals surface area contributed by atoms with Crippen LogP contribution in [0.4, 0.5) is 0 Å². The van der Waals surface area contributed by atoms with Gasteiger partial charge in [0.2, 0.25) is 5.79 Å². The van der Waals surface area contributed by atoms with Gasteiger partial charge in [0.15, 0.2) is 12.0 Å². The number of carbonyl (C=O) groups excluding carboxylic acids is 7. The number of fused-ring (bicyclic) bond motifs is 13.